The fraction of sp³-hybridized carbons (Fsp3) is 0.438. The predicted octanol–water partition coefficient (Wildman–Crippen LogP) is 0.118. The molecule has 1 atom stereocenters. The van der Waals surface area contributed by atoms with E-state index in [0.29, 0.717) is 38.4 Å². The van der Waals surface area contributed by atoms with E-state index < -0.39 is 10.0 Å². The van der Waals surface area contributed by atoms with Gasteiger partial charge in [0.1, 0.15) is 12.7 Å². The Morgan fingerprint density at radius 3 is 2.81 bits per heavy atom. The normalized spacial score (nSPS) is 17.0. The van der Waals surface area contributed by atoms with Crippen molar-refractivity contribution in [1.82, 2.24) is 24.4 Å². The summed E-state index contributed by atoms with van der Waals surface area (Å²) in [6.07, 6.45) is 2.99. The molecule has 1 saturated heterocycles. The Bertz CT molecular complexity index is 847. The first-order valence-electron chi connectivity index (χ1n) is 8.28. The summed E-state index contributed by atoms with van der Waals surface area (Å²) in [7, 11) is -3.64. The minimum Gasteiger partial charge on any atom is -0.379 e. The number of hydrogen-bond acceptors (Lipinski definition) is 6. The molecule has 0 bridgehead atoms. The van der Waals surface area contributed by atoms with Gasteiger partial charge in [-0.15, -0.1) is 0 Å². The molecule has 3 rings (SSSR count). The molecule has 0 spiro atoms. The first-order chi connectivity index (χ1) is 12.5. The molecular formula is C16H21N5O4S. The lowest BCUT2D eigenvalue weighted by molar-refractivity contribution is 0.0730. The van der Waals surface area contributed by atoms with Crippen LogP contribution in [0.25, 0.3) is 0 Å². The van der Waals surface area contributed by atoms with Crippen molar-refractivity contribution in [3.63, 3.8) is 0 Å². The van der Waals surface area contributed by atoms with Crippen LogP contribution in [0.4, 0.5) is 0 Å². The number of morpholine rings is 1. The molecule has 9 nitrogen and oxygen atoms in total. The number of carbonyl (C=O) groups is 1. The third-order valence-electron chi connectivity index (χ3n) is 4.01. The first kappa shape index (κ1) is 18.5. The lowest BCUT2D eigenvalue weighted by Gasteiger charge is -2.26. The first-order valence-corrected chi connectivity index (χ1v) is 9.72. The van der Waals surface area contributed by atoms with Gasteiger partial charge in [0.25, 0.3) is 5.91 Å². The molecule has 2 aromatic rings. The molecule has 140 valence electrons. The number of benzene rings is 1. The summed E-state index contributed by atoms with van der Waals surface area (Å²) in [5.41, 5.74) is 0.296. The van der Waals surface area contributed by atoms with Crippen LogP contribution in [0, 0.1) is 0 Å². The van der Waals surface area contributed by atoms with Gasteiger partial charge in [-0.05, 0) is 25.1 Å². The lowest BCUT2D eigenvalue weighted by atomic mass is 10.2. The number of ether oxygens (including phenoxy) is 1. The molecule has 0 radical (unpaired) electrons. The van der Waals surface area contributed by atoms with Gasteiger partial charge in [-0.2, -0.15) is 9.40 Å². The Kier molecular flexibility index (Phi) is 5.64. The van der Waals surface area contributed by atoms with E-state index in [1.807, 2.05) is 6.92 Å². The average Bonchev–Trinajstić information content (AvgIpc) is 3.15. The van der Waals surface area contributed by atoms with E-state index in [4.69, 9.17) is 4.74 Å². The van der Waals surface area contributed by atoms with Gasteiger partial charge in [-0.25, -0.2) is 13.4 Å². The zero-order valence-corrected chi connectivity index (χ0v) is 15.2. The van der Waals surface area contributed by atoms with Gasteiger partial charge < -0.3 is 10.1 Å². The summed E-state index contributed by atoms with van der Waals surface area (Å²) in [6.45, 7) is 3.69. The number of aromatic nitrogens is 3. The minimum absolute atomic E-state index is 0.107. The van der Waals surface area contributed by atoms with Crippen LogP contribution in [-0.2, 0) is 21.3 Å². The van der Waals surface area contributed by atoms with Gasteiger partial charge in [0.2, 0.25) is 10.0 Å². The highest BCUT2D eigenvalue weighted by Gasteiger charge is 2.27. The van der Waals surface area contributed by atoms with Crippen LogP contribution in [-0.4, -0.2) is 65.7 Å². The minimum atomic E-state index is -3.64. The number of hydrogen-bond donors (Lipinski definition) is 1. The zero-order valence-electron chi connectivity index (χ0n) is 14.4. The van der Waals surface area contributed by atoms with Gasteiger partial charge in [-0.3, -0.25) is 9.48 Å². The van der Waals surface area contributed by atoms with Crippen LogP contribution in [0.1, 0.15) is 17.3 Å². The van der Waals surface area contributed by atoms with Gasteiger partial charge in [0, 0.05) is 24.7 Å². The Morgan fingerprint density at radius 1 is 1.35 bits per heavy atom. The largest absolute Gasteiger partial charge is 0.379 e. The topological polar surface area (TPSA) is 106 Å². The Balaban J connectivity index is 1.70. The van der Waals surface area contributed by atoms with Crippen molar-refractivity contribution in [2.24, 2.45) is 0 Å². The van der Waals surface area contributed by atoms with E-state index in [0.717, 1.165) is 0 Å². The van der Waals surface area contributed by atoms with Crippen molar-refractivity contribution in [1.29, 1.82) is 0 Å². The molecule has 1 aromatic heterocycles. The van der Waals surface area contributed by atoms with E-state index in [9.17, 15) is 13.2 Å². The number of carbonyl (C=O) groups excluding carboxylic acids is 1. The molecular weight excluding hydrogens is 358 g/mol. The summed E-state index contributed by atoms with van der Waals surface area (Å²) in [6, 6.07) is 5.88. The standard InChI is InChI=1S/C16H21N5O4S/c1-13(10-20-12-17-11-18-20)19-16(22)14-3-2-4-15(9-14)26(23,24)21-5-7-25-8-6-21/h2-4,9,11-13H,5-8,10H2,1H3,(H,19,22)/t13-/m1/s1. The molecule has 0 saturated carbocycles. The van der Waals surface area contributed by atoms with Crippen LogP contribution in [0.2, 0.25) is 0 Å². The maximum absolute atomic E-state index is 12.7. The molecule has 0 aliphatic carbocycles. The van der Waals surface area contributed by atoms with Crippen molar-refractivity contribution < 1.29 is 17.9 Å². The third-order valence-corrected chi connectivity index (χ3v) is 5.90. The second kappa shape index (κ2) is 7.94. The molecule has 1 aromatic carbocycles. The third kappa shape index (κ3) is 4.26. The van der Waals surface area contributed by atoms with Crippen molar-refractivity contribution in [3.05, 3.63) is 42.5 Å². The highest BCUT2D eigenvalue weighted by atomic mass is 32.2. The van der Waals surface area contributed by atoms with Crippen molar-refractivity contribution in [2.45, 2.75) is 24.4 Å². The van der Waals surface area contributed by atoms with E-state index in [1.165, 1.54) is 22.8 Å². The molecule has 26 heavy (non-hydrogen) atoms. The highest BCUT2D eigenvalue weighted by Crippen LogP contribution is 2.18. The van der Waals surface area contributed by atoms with Gasteiger partial charge in [0.05, 0.1) is 24.7 Å². The van der Waals surface area contributed by atoms with Gasteiger partial charge >= 0.3 is 0 Å². The number of nitrogens with zero attached hydrogens (tertiary/aromatic N) is 4. The average molecular weight is 379 g/mol. The molecule has 1 aliphatic rings. The second-order valence-electron chi connectivity index (χ2n) is 6.04. The number of amides is 1. The lowest BCUT2D eigenvalue weighted by Crippen LogP contribution is -2.40. The van der Waals surface area contributed by atoms with Crippen LogP contribution < -0.4 is 5.32 Å². The maximum atomic E-state index is 12.7. The van der Waals surface area contributed by atoms with Gasteiger partial charge in [0.15, 0.2) is 0 Å². The van der Waals surface area contributed by atoms with Crippen molar-refractivity contribution >= 4 is 15.9 Å². The SMILES string of the molecule is C[C@H](Cn1cncn1)NC(=O)c1cccc(S(=O)(=O)N2CCOCC2)c1. The molecule has 1 aliphatic heterocycles. The molecule has 2 heterocycles. The Labute approximate surface area is 152 Å². The van der Waals surface area contributed by atoms with Crippen LogP contribution in [0.5, 0.6) is 0 Å². The summed E-state index contributed by atoms with van der Waals surface area (Å²) in [5.74, 6) is -0.336. The van der Waals surface area contributed by atoms with E-state index >= 15 is 0 Å². The maximum Gasteiger partial charge on any atom is 0.251 e. The van der Waals surface area contributed by atoms with E-state index in [2.05, 4.69) is 15.4 Å². The smallest absolute Gasteiger partial charge is 0.251 e. The van der Waals surface area contributed by atoms with Crippen molar-refractivity contribution in [2.75, 3.05) is 26.3 Å². The number of sulfonamides is 1. The fourth-order valence-electron chi connectivity index (χ4n) is 2.69. The zero-order chi connectivity index (χ0) is 18.6. The van der Waals surface area contributed by atoms with Crippen LogP contribution >= 0.6 is 0 Å². The number of rotatable bonds is 6. The second-order valence-corrected chi connectivity index (χ2v) is 7.97. The quantitative estimate of drug-likeness (QED) is 0.764. The van der Waals surface area contributed by atoms with Crippen LogP contribution in [0.15, 0.2) is 41.8 Å². The molecule has 1 amide bonds. The van der Waals surface area contributed by atoms with Crippen molar-refractivity contribution in [3.8, 4) is 0 Å². The summed E-state index contributed by atoms with van der Waals surface area (Å²) in [4.78, 5) is 16.4. The molecule has 1 N–H and O–H groups in total. The predicted molar refractivity (Wildman–Crippen MR) is 93.0 cm³/mol. The van der Waals surface area contributed by atoms with Crippen LogP contribution in [0.3, 0.4) is 0 Å². The molecule has 0 unspecified atom stereocenters. The number of nitrogens with one attached hydrogen (secondary N) is 1. The Hall–Kier alpha value is -2.30. The fourth-order valence-corrected chi connectivity index (χ4v) is 4.15. The van der Waals surface area contributed by atoms with E-state index in [-0.39, 0.29) is 16.8 Å². The monoisotopic (exact) mass is 379 g/mol. The van der Waals surface area contributed by atoms with Gasteiger partial charge in [-0.1, -0.05) is 6.07 Å². The summed E-state index contributed by atoms with van der Waals surface area (Å²) in [5, 5.41) is 6.83. The summed E-state index contributed by atoms with van der Waals surface area (Å²) >= 11 is 0. The Morgan fingerprint density at radius 2 is 2.12 bits per heavy atom. The van der Waals surface area contributed by atoms with E-state index in [1.54, 1.807) is 23.1 Å². The molecule has 1 fully saturated rings. The molecule has 10 heteroatoms. The summed E-state index contributed by atoms with van der Waals surface area (Å²) < 4.78 is 33.6. The highest BCUT2D eigenvalue weighted by molar-refractivity contribution is 7.89.